The van der Waals surface area contributed by atoms with Crippen LogP contribution in [0.1, 0.15) is 389 Å². The summed E-state index contributed by atoms with van der Waals surface area (Å²) in [6.07, 6.45) is 51.6. The van der Waals surface area contributed by atoms with Gasteiger partial charge in [-0.05, 0) is 49.4 Å². The van der Waals surface area contributed by atoms with Crippen molar-refractivity contribution in [3.63, 3.8) is 0 Å². The third-order valence-electron chi connectivity index (χ3n) is 17.8. The lowest BCUT2D eigenvalue weighted by atomic mass is 10.0. The van der Waals surface area contributed by atoms with E-state index < -0.39 is 97.5 Å². The monoisotopic (exact) mass is 1410 g/mol. The van der Waals surface area contributed by atoms with Crippen molar-refractivity contribution in [3.05, 3.63) is 0 Å². The van der Waals surface area contributed by atoms with Gasteiger partial charge in [0.15, 0.2) is 12.2 Å². The molecule has 570 valence electrons. The van der Waals surface area contributed by atoms with E-state index in [1.807, 2.05) is 0 Å². The second-order valence-electron chi connectivity index (χ2n) is 29.7. The molecule has 0 fully saturated rings. The summed E-state index contributed by atoms with van der Waals surface area (Å²) in [6, 6.07) is 0. The minimum atomic E-state index is -4.96. The van der Waals surface area contributed by atoms with E-state index in [0.29, 0.717) is 31.6 Å². The van der Waals surface area contributed by atoms with Crippen molar-refractivity contribution in [1.82, 2.24) is 0 Å². The highest BCUT2D eigenvalue weighted by molar-refractivity contribution is 7.47. The molecule has 0 saturated carbocycles. The van der Waals surface area contributed by atoms with Crippen molar-refractivity contribution in [2.24, 2.45) is 23.7 Å². The third kappa shape index (κ3) is 70.5. The Balaban J connectivity index is 5.19. The lowest BCUT2D eigenvalue weighted by molar-refractivity contribution is -0.161. The van der Waals surface area contributed by atoms with Gasteiger partial charge in [0, 0.05) is 25.7 Å². The van der Waals surface area contributed by atoms with E-state index in [2.05, 4.69) is 55.4 Å². The molecule has 0 aromatic heterocycles. The Bertz CT molecular complexity index is 1880. The van der Waals surface area contributed by atoms with Gasteiger partial charge in [-0.3, -0.25) is 37.3 Å². The van der Waals surface area contributed by atoms with Crippen LogP contribution in [-0.2, 0) is 65.4 Å². The van der Waals surface area contributed by atoms with Crippen LogP contribution < -0.4 is 0 Å². The third-order valence-corrected chi connectivity index (χ3v) is 19.7. The standard InChI is InChI=1S/C77H150O17P2/c1-67(2)53-45-37-29-22-18-15-13-11-9-10-12-14-16-20-24-34-43-51-59-76(81)94-73(64-88-75(80)58-50-42-36-28-32-40-48-56-70(7)8)66-92-96(85,86)90-62-71(78)61-89-95(83,84)91-65-72(63-87-74(79)57-49-41-33-27-26-31-39-47-55-69(5)6)93-77(82)60-52-44-35-25-21-17-19-23-30-38-46-54-68(3)4/h67-73,78H,9-66H2,1-8H3,(H,83,84)(H,85,86)/t71?,72-,73-/m1/s1. The van der Waals surface area contributed by atoms with Crippen LogP contribution in [0, 0.1) is 23.7 Å². The highest BCUT2D eigenvalue weighted by Crippen LogP contribution is 2.45. The van der Waals surface area contributed by atoms with Crippen LogP contribution >= 0.6 is 15.6 Å². The van der Waals surface area contributed by atoms with Crippen LogP contribution in [0.3, 0.4) is 0 Å². The zero-order chi connectivity index (χ0) is 71.0. The van der Waals surface area contributed by atoms with E-state index in [0.717, 1.165) is 114 Å². The van der Waals surface area contributed by atoms with Gasteiger partial charge in [0.1, 0.15) is 19.3 Å². The van der Waals surface area contributed by atoms with E-state index in [1.165, 1.54) is 186 Å². The van der Waals surface area contributed by atoms with E-state index in [1.54, 1.807) is 0 Å². The van der Waals surface area contributed by atoms with Gasteiger partial charge in [-0.2, -0.15) is 0 Å². The number of aliphatic hydroxyl groups excluding tert-OH is 1. The maximum atomic E-state index is 13.1. The highest BCUT2D eigenvalue weighted by atomic mass is 31.2. The molecule has 0 rings (SSSR count). The van der Waals surface area contributed by atoms with Crippen LogP contribution in [0.4, 0.5) is 0 Å². The summed E-state index contributed by atoms with van der Waals surface area (Å²) in [4.78, 5) is 72.8. The summed E-state index contributed by atoms with van der Waals surface area (Å²) in [5.74, 6) is 0.895. The zero-order valence-electron chi connectivity index (χ0n) is 63.0. The summed E-state index contributed by atoms with van der Waals surface area (Å²) < 4.78 is 68.5. The maximum Gasteiger partial charge on any atom is 0.472 e. The molecule has 17 nitrogen and oxygen atoms in total. The molecule has 3 N–H and O–H groups in total. The van der Waals surface area contributed by atoms with Crippen molar-refractivity contribution in [2.75, 3.05) is 39.6 Å². The average Bonchev–Trinajstić information content (AvgIpc) is 1.16. The first-order valence-corrected chi connectivity index (χ1v) is 42.7. The molecule has 3 unspecified atom stereocenters. The molecule has 0 aliphatic rings. The first-order chi connectivity index (χ1) is 46.1. The molecule has 0 heterocycles. The normalized spacial score (nSPS) is 14.1. The molecule has 0 aliphatic carbocycles. The molecule has 96 heavy (non-hydrogen) atoms. The number of carbonyl (C=O) groups is 4. The maximum absolute atomic E-state index is 13.1. The van der Waals surface area contributed by atoms with Crippen LogP contribution in [0.2, 0.25) is 0 Å². The Morgan fingerprint density at radius 1 is 0.260 bits per heavy atom. The molecule has 0 saturated heterocycles. The second kappa shape index (κ2) is 66.3. The number of hydrogen-bond acceptors (Lipinski definition) is 15. The fraction of sp³-hybridized carbons (Fsp3) is 0.948. The fourth-order valence-electron chi connectivity index (χ4n) is 11.7. The zero-order valence-corrected chi connectivity index (χ0v) is 64.8. The lowest BCUT2D eigenvalue weighted by Gasteiger charge is -2.21. The highest BCUT2D eigenvalue weighted by Gasteiger charge is 2.30. The van der Waals surface area contributed by atoms with Crippen molar-refractivity contribution in [1.29, 1.82) is 0 Å². The molecule has 0 aromatic rings. The number of unbranched alkanes of at least 4 members (excludes halogenated alkanes) is 40. The summed E-state index contributed by atoms with van der Waals surface area (Å²) in [5, 5.41) is 10.6. The summed E-state index contributed by atoms with van der Waals surface area (Å²) in [5.41, 5.74) is 0. The van der Waals surface area contributed by atoms with Crippen LogP contribution in [-0.4, -0.2) is 96.7 Å². The Morgan fingerprint density at radius 2 is 0.438 bits per heavy atom. The van der Waals surface area contributed by atoms with Crippen molar-refractivity contribution < 1.29 is 80.2 Å². The van der Waals surface area contributed by atoms with Gasteiger partial charge in [-0.1, -0.05) is 338 Å². The number of phosphoric ester groups is 2. The summed E-state index contributed by atoms with van der Waals surface area (Å²) in [6.45, 7) is 14.2. The predicted octanol–water partition coefficient (Wildman–Crippen LogP) is 22.4. The van der Waals surface area contributed by atoms with Crippen LogP contribution in [0.25, 0.3) is 0 Å². The van der Waals surface area contributed by atoms with Crippen molar-refractivity contribution >= 4 is 39.5 Å². The number of ether oxygens (including phenoxy) is 4. The van der Waals surface area contributed by atoms with E-state index in [4.69, 9.17) is 37.0 Å². The molecule has 5 atom stereocenters. The molecule has 0 bridgehead atoms. The Labute approximate surface area is 588 Å². The molecule has 0 aliphatic heterocycles. The predicted molar refractivity (Wildman–Crippen MR) is 391 cm³/mol. The van der Waals surface area contributed by atoms with E-state index in [-0.39, 0.29) is 25.7 Å². The van der Waals surface area contributed by atoms with Crippen molar-refractivity contribution in [2.45, 2.75) is 408 Å². The minimum absolute atomic E-state index is 0.105. The Kier molecular flexibility index (Phi) is 65.0. The second-order valence-corrected chi connectivity index (χ2v) is 32.6. The van der Waals surface area contributed by atoms with Gasteiger partial charge in [0.25, 0.3) is 0 Å². The van der Waals surface area contributed by atoms with Gasteiger partial charge < -0.3 is 33.8 Å². The molecule has 0 spiro atoms. The molecular weight excluding hydrogens is 1260 g/mol. The Morgan fingerprint density at radius 3 is 0.646 bits per heavy atom. The van der Waals surface area contributed by atoms with E-state index in [9.17, 15) is 43.2 Å². The van der Waals surface area contributed by atoms with E-state index >= 15 is 0 Å². The average molecular weight is 1410 g/mol. The Hall–Kier alpha value is -1.94. The quantitative estimate of drug-likeness (QED) is 0.0222. The number of aliphatic hydroxyl groups is 1. The number of phosphoric acid groups is 2. The van der Waals surface area contributed by atoms with Crippen LogP contribution in [0.15, 0.2) is 0 Å². The molecule has 0 aromatic carbocycles. The van der Waals surface area contributed by atoms with Gasteiger partial charge >= 0.3 is 39.5 Å². The molecule has 0 amide bonds. The van der Waals surface area contributed by atoms with Gasteiger partial charge in [0.2, 0.25) is 0 Å². The smallest absolute Gasteiger partial charge is 0.462 e. The number of carbonyl (C=O) groups excluding carboxylic acids is 4. The summed E-state index contributed by atoms with van der Waals surface area (Å²) >= 11 is 0. The first kappa shape index (κ1) is 94.1. The summed E-state index contributed by atoms with van der Waals surface area (Å²) in [7, 11) is -9.91. The molecule has 19 heteroatoms. The van der Waals surface area contributed by atoms with Crippen molar-refractivity contribution in [3.8, 4) is 0 Å². The fourth-order valence-corrected chi connectivity index (χ4v) is 13.3. The molecule has 0 radical (unpaired) electrons. The number of hydrogen-bond donors (Lipinski definition) is 3. The van der Waals surface area contributed by atoms with Gasteiger partial charge in [-0.25, -0.2) is 9.13 Å². The lowest BCUT2D eigenvalue weighted by Crippen LogP contribution is -2.30. The topological polar surface area (TPSA) is 237 Å². The minimum Gasteiger partial charge on any atom is -0.462 e. The first-order valence-electron chi connectivity index (χ1n) is 39.7. The van der Waals surface area contributed by atoms with Crippen LogP contribution in [0.5, 0.6) is 0 Å². The number of rotatable bonds is 74. The number of esters is 4. The SMILES string of the molecule is CC(C)CCCCCCCCCCCCCCCCCCCCC(=O)O[C@H](COC(=O)CCCCCCCCCC(C)C)COP(=O)(O)OCC(O)COP(=O)(O)OC[C@@H](COC(=O)CCCCCCCCCCC(C)C)OC(=O)CCCCCCCCCCCCCC(C)C. The van der Waals surface area contributed by atoms with Gasteiger partial charge in [0.05, 0.1) is 26.4 Å². The largest absolute Gasteiger partial charge is 0.472 e. The van der Waals surface area contributed by atoms with Gasteiger partial charge in [-0.15, -0.1) is 0 Å². The molecular formula is C77H150O17P2.